The van der Waals surface area contributed by atoms with Crippen LogP contribution in [-0.4, -0.2) is 17.4 Å². The third-order valence-corrected chi connectivity index (χ3v) is 5.38. The molecule has 4 rings (SSSR count). The quantitative estimate of drug-likeness (QED) is 0.314. The minimum Gasteiger partial charge on any atom is -0.493 e. The monoisotopic (exact) mass is 437 g/mol. The van der Waals surface area contributed by atoms with E-state index in [1.807, 2.05) is 18.2 Å². The lowest BCUT2D eigenvalue weighted by Crippen LogP contribution is -2.06. The summed E-state index contributed by atoms with van der Waals surface area (Å²) >= 11 is 0. The van der Waals surface area contributed by atoms with Gasteiger partial charge in [0.1, 0.15) is 5.75 Å². The first kappa shape index (κ1) is 21.7. The Morgan fingerprint density at radius 2 is 1.56 bits per heavy atom. The van der Waals surface area contributed by atoms with Gasteiger partial charge in [0.15, 0.2) is 5.78 Å². The molecule has 0 aliphatic carbocycles. The van der Waals surface area contributed by atoms with Gasteiger partial charge in [-0.15, -0.1) is 0 Å². The van der Waals surface area contributed by atoms with Crippen LogP contribution in [0.5, 0.6) is 5.75 Å². The van der Waals surface area contributed by atoms with Crippen LogP contribution in [0.15, 0.2) is 72.8 Å². The van der Waals surface area contributed by atoms with Crippen LogP contribution in [0.25, 0.3) is 22.0 Å². The number of aromatic amines is 1. The van der Waals surface area contributed by atoms with Gasteiger partial charge >= 0.3 is 6.18 Å². The predicted octanol–water partition coefficient (Wildman–Crippen LogP) is 7.07. The molecule has 6 heteroatoms. The average Bonchev–Trinajstić information content (AvgIpc) is 3.21. The zero-order valence-electron chi connectivity index (χ0n) is 17.5. The number of ether oxygens (including phenoxy) is 1. The summed E-state index contributed by atoms with van der Waals surface area (Å²) < 4.78 is 43.8. The Kier molecular flexibility index (Phi) is 6.04. The number of benzene rings is 3. The van der Waals surface area contributed by atoms with Gasteiger partial charge in [-0.2, -0.15) is 13.2 Å². The molecule has 32 heavy (non-hydrogen) atoms. The van der Waals surface area contributed by atoms with Crippen LogP contribution < -0.4 is 4.74 Å². The molecule has 0 spiro atoms. The van der Waals surface area contributed by atoms with E-state index in [4.69, 9.17) is 4.74 Å². The largest absolute Gasteiger partial charge is 0.493 e. The van der Waals surface area contributed by atoms with E-state index in [9.17, 15) is 18.0 Å². The summed E-state index contributed by atoms with van der Waals surface area (Å²) in [6, 6.07) is 19.8. The van der Waals surface area contributed by atoms with Crippen molar-refractivity contribution in [1.29, 1.82) is 0 Å². The summed E-state index contributed by atoms with van der Waals surface area (Å²) in [5.74, 6) is 0.599. The van der Waals surface area contributed by atoms with Crippen molar-refractivity contribution in [3.63, 3.8) is 0 Å². The topological polar surface area (TPSA) is 42.1 Å². The van der Waals surface area contributed by atoms with Gasteiger partial charge in [0.25, 0.3) is 0 Å². The number of H-pyrrole nitrogens is 1. The lowest BCUT2D eigenvalue weighted by atomic mass is 10.0. The standard InChI is InChI=1S/C26H22F3NO2/c1-2-22-15-19-3-4-20(16-24(19)30-22)25(31)13-14-32-23-11-7-18(8-12-23)17-5-9-21(10-6-17)26(27,28)29/h3-12,15-16,30H,2,13-14H2,1H3. The van der Waals surface area contributed by atoms with Gasteiger partial charge < -0.3 is 9.72 Å². The number of ketones is 1. The molecule has 0 saturated carbocycles. The molecule has 1 heterocycles. The highest BCUT2D eigenvalue weighted by Gasteiger charge is 2.29. The van der Waals surface area contributed by atoms with Gasteiger partial charge in [-0.05, 0) is 59.3 Å². The van der Waals surface area contributed by atoms with E-state index in [0.717, 1.165) is 40.7 Å². The van der Waals surface area contributed by atoms with E-state index in [-0.39, 0.29) is 18.8 Å². The Balaban J connectivity index is 1.34. The van der Waals surface area contributed by atoms with E-state index >= 15 is 0 Å². The van der Waals surface area contributed by atoms with Crippen molar-refractivity contribution >= 4 is 16.7 Å². The fraction of sp³-hybridized carbons (Fsp3) is 0.192. The van der Waals surface area contributed by atoms with Gasteiger partial charge in [0.2, 0.25) is 0 Å². The number of hydrogen-bond acceptors (Lipinski definition) is 2. The molecule has 0 saturated heterocycles. The van der Waals surface area contributed by atoms with Crippen LogP contribution in [-0.2, 0) is 12.6 Å². The Morgan fingerprint density at radius 1 is 0.906 bits per heavy atom. The molecule has 0 amide bonds. The van der Waals surface area contributed by atoms with Gasteiger partial charge in [-0.1, -0.05) is 43.3 Å². The summed E-state index contributed by atoms with van der Waals surface area (Å²) in [4.78, 5) is 15.8. The zero-order valence-corrected chi connectivity index (χ0v) is 17.5. The van der Waals surface area contributed by atoms with E-state index in [1.54, 1.807) is 24.3 Å². The molecule has 1 N–H and O–H groups in total. The van der Waals surface area contributed by atoms with Gasteiger partial charge in [-0.3, -0.25) is 4.79 Å². The lowest BCUT2D eigenvalue weighted by molar-refractivity contribution is -0.137. The number of carbonyl (C=O) groups is 1. The molecule has 0 fully saturated rings. The van der Waals surface area contributed by atoms with Crippen molar-refractivity contribution in [3.05, 3.63) is 89.6 Å². The lowest BCUT2D eigenvalue weighted by Gasteiger charge is -2.09. The van der Waals surface area contributed by atoms with Crippen LogP contribution in [0.2, 0.25) is 0 Å². The third kappa shape index (κ3) is 4.85. The first-order chi connectivity index (χ1) is 15.3. The van der Waals surface area contributed by atoms with Crippen molar-refractivity contribution < 1.29 is 22.7 Å². The molecule has 0 aliphatic heterocycles. The third-order valence-electron chi connectivity index (χ3n) is 5.38. The first-order valence-corrected chi connectivity index (χ1v) is 10.4. The molecule has 0 unspecified atom stereocenters. The number of halogens is 3. The Morgan fingerprint density at radius 3 is 2.19 bits per heavy atom. The minimum absolute atomic E-state index is 0.000855. The predicted molar refractivity (Wildman–Crippen MR) is 119 cm³/mol. The van der Waals surface area contributed by atoms with Gasteiger partial charge in [0.05, 0.1) is 12.2 Å². The fourth-order valence-electron chi connectivity index (χ4n) is 3.55. The molecule has 0 aliphatic rings. The molecule has 164 valence electrons. The summed E-state index contributed by atoms with van der Waals surface area (Å²) in [7, 11) is 0. The van der Waals surface area contributed by atoms with E-state index in [2.05, 4.69) is 18.0 Å². The van der Waals surface area contributed by atoms with Gasteiger partial charge in [-0.25, -0.2) is 0 Å². The number of fused-ring (bicyclic) bond motifs is 1. The number of carbonyl (C=O) groups excluding carboxylic acids is 1. The Labute approximate surface area is 183 Å². The molecule has 0 bridgehead atoms. The highest BCUT2D eigenvalue weighted by Crippen LogP contribution is 2.31. The fourth-order valence-corrected chi connectivity index (χ4v) is 3.55. The van der Waals surface area contributed by atoms with Crippen LogP contribution >= 0.6 is 0 Å². The molecule has 1 aromatic heterocycles. The number of Topliss-reactive ketones (excluding diaryl/α,β-unsaturated/α-hetero) is 1. The molecule has 3 aromatic carbocycles. The minimum atomic E-state index is -4.35. The summed E-state index contributed by atoms with van der Waals surface area (Å²) in [6.07, 6.45) is -3.20. The highest BCUT2D eigenvalue weighted by atomic mass is 19.4. The first-order valence-electron chi connectivity index (χ1n) is 10.4. The molecule has 0 radical (unpaired) electrons. The average molecular weight is 437 g/mol. The number of hydrogen-bond donors (Lipinski definition) is 1. The van der Waals surface area contributed by atoms with Crippen molar-refractivity contribution in [3.8, 4) is 16.9 Å². The normalized spacial score (nSPS) is 11.6. The van der Waals surface area contributed by atoms with Crippen LogP contribution in [0.4, 0.5) is 13.2 Å². The summed E-state index contributed by atoms with van der Waals surface area (Å²) in [6.45, 7) is 2.31. The number of aryl methyl sites for hydroxylation is 1. The summed E-state index contributed by atoms with van der Waals surface area (Å²) in [5.41, 5.74) is 3.52. The van der Waals surface area contributed by atoms with Crippen molar-refractivity contribution in [2.24, 2.45) is 0 Å². The Bertz CT molecular complexity index is 1220. The number of aromatic nitrogens is 1. The van der Waals surface area contributed by atoms with Crippen molar-refractivity contribution in [2.75, 3.05) is 6.61 Å². The van der Waals surface area contributed by atoms with Gasteiger partial charge in [0, 0.05) is 23.2 Å². The second-order valence-corrected chi connectivity index (χ2v) is 7.57. The number of alkyl halides is 3. The number of nitrogens with one attached hydrogen (secondary N) is 1. The summed E-state index contributed by atoms with van der Waals surface area (Å²) in [5, 5.41) is 1.09. The SMILES string of the molecule is CCc1cc2ccc(C(=O)CCOc3ccc(-c4ccc(C(F)(F)F)cc4)cc3)cc2[nH]1. The van der Waals surface area contributed by atoms with Crippen molar-refractivity contribution in [1.82, 2.24) is 4.98 Å². The molecular formula is C26H22F3NO2. The second kappa shape index (κ2) is 8.91. The molecule has 0 atom stereocenters. The maximum absolute atomic E-state index is 12.7. The second-order valence-electron chi connectivity index (χ2n) is 7.57. The van der Waals surface area contributed by atoms with E-state index < -0.39 is 11.7 Å². The van der Waals surface area contributed by atoms with Crippen LogP contribution in [0, 0.1) is 0 Å². The van der Waals surface area contributed by atoms with E-state index in [1.165, 1.54) is 12.1 Å². The molecule has 3 nitrogen and oxygen atoms in total. The maximum atomic E-state index is 12.7. The maximum Gasteiger partial charge on any atom is 0.416 e. The van der Waals surface area contributed by atoms with Crippen molar-refractivity contribution in [2.45, 2.75) is 25.9 Å². The highest BCUT2D eigenvalue weighted by molar-refractivity contribution is 5.99. The zero-order chi connectivity index (χ0) is 22.7. The molecular weight excluding hydrogens is 415 g/mol. The van der Waals surface area contributed by atoms with E-state index in [0.29, 0.717) is 16.9 Å². The smallest absolute Gasteiger partial charge is 0.416 e. The number of rotatable bonds is 7. The van der Waals surface area contributed by atoms with Crippen LogP contribution in [0.3, 0.4) is 0 Å². The Hall–Kier alpha value is -3.54. The molecule has 4 aromatic rings. The van der Waals surface area contributed by atoms with Crippen LogP contribution in [0.1, 0.15) is 35.0 Å².